The van der Waals surface area contributed by atoms with Crippen molar-refractivity contribution < 1.29 is 9.59 Å². The van der Waals surface area contributed by atoms with E-state index in [0.717, 1.165) is 17.7 Å². The first-order valence-electron chi connectivity index (χ1n) is 11.4. The van der Waals surface area contributed by atoms with Gasteiger partial charge in [0.25, 0.3) is 11.8 Å². The summed E-state index contributed by atoms with van der Waals surface area (Å²) in [6.07, 6.45) is 2.49. The molecule has 0 spiro atoms. The Balaban J connectivity index is 1.26. The van der Waals surface area contributed by atoms with Gasteiger partial charge in [-0.1, -0.05) is 42.5 Å². The Morgan fingerprint density at radius 2 is 1.79 bits per heavy atom. The predicted molar refractivity (Wildman–Crippen MR) is 135 cm³/mol. The van der Waals surface area contributed by atoms with Crippen LogP contribution in [-0.2, 0) is 12.1 Å². The number of thiophene rings is 1. The molecule has 1 saturated carbocycles. The largest absolute Gasteiger partial charge is 0.342 e. The highest BCUT2D eigenvalue weighted by Gasteiger charge is 2.25. The van der Waals surface area contributed by atoms with Crippen LogP contribution in [0.3, 0.4) is 0 Å². The summed E-state index contributed by atoms with van der Waals surface area (Å²) in [5.74, 6) is 0.0799. The molecule has 0 unspecified atom stereocenters. The fourth-order valence-electron chi connectivity index (χ4n) is 3.80. The molecule has 4 aromatic rings. The summed E-state index contributed by atoms with van der Waals surface area (Å²) >= 11 is 1.29. The van der Waals surface area contributed by atoms with Gasteiger partial charge in [0, 0.05) is 18.2 Å². The molecule has 0 bridgehead atoms. The SMILES string of the molecule is CC(C)(NC(=O)c1cc2c(NC(=O)c3ccc(CNC4CC4)cc3)[nH]nc2s1)c1ccccc1. The number of amides is 2. The number of aromatic nitrogens is 2. The maximum absolute atomic E-state index is 13.0. The molecule has 2 aromatic carbocycles. The molecule has 1 aliphatic rings. The fourth-order valence-corrected chi connectivity index (χ4v) is 4.69. The van der Waals surface area contributed by atoms with Gasteiger partial charge in [-0.25, -0.2) is 0 Å². The van der Waals surface area contributed by atoms with Crippen molar-refractivity contribution in [3.05, 3.63) is 82.2 Å². The second-order valence-electron chi connectivity index (χ2n) is 9.18. The number of benzene rings is 2. The number of carbonyl (C=O) groups is 2. The van der Waals surface area contributed by atoms with Crippen LogP contribution in [0.25, 0.3) is 10.2 Å². The summed E-state index contributed by atoms with van der Waals surface area (Å²) in [7, 11) is 0. The molecule has 1 fully saturated rings. The molecule has 0 radical (unpaired) electrons. The third-order valence-electron chi connectivity index (χ3n) is 6.02. The van der Waals surface area contributed by atoms with Gasteiger partial charge in [-0.3, -0.25) is 14.7 Å². The zero-order chi connectivity index (χ0) is 23.7. The fraction of sp³-hybridized carbons (Fsp3) is 0.269. The Kier molecular flexibility index (Phi) is 5.93. The molecule has 2 heterocycles. The Morgan fingerprint density at radius 1 is 1.06 bits per heavy atom. The zero-order valence-electron chi connectivity index (χ0n) is 19.1. The van der Waals surface area contributed by atoms with Crippen molar-refractivity contribution in [1.29, 1.82) is 0 Å². The van der Waals surface area contributed by atoms with Crippen molar-refractivity contribution in [3.8, 4) is 0 Å². The van der Waals surface area contributed by atoms with E-state index in [0.29, 0.717) is 32.5 Å². The lowest BCUT2D eigenvalue weighted by Gasteiger charge is -2.26. The zero-order valence-corrected chi connectivity index (χ0v) is 20.0. The second kappa shape index (κ2) is 9.04. The monoisotopic (exact) mass is 473 g/mol. The number of hydrogen-bond donors (Lipinski definition) is 4. The molecule has 8 heteroatoms. The van der Waals surface area contributed by atoms with Gasteiger partial charge >= 0.3 is 0 Å². The number of nitrogens with one attached hydrogen (secondary N) is 4. The molecule has 2 amide bonds. The van der Waals surface area contributed by atoms with Crippen molar-refractivity contribution in [3.63, 3.8) is 0 Å². The number of nitrogens with zero attached hydrogens (tertiary/aromatic N) is 1. The van der Waals surface area contributed by atoms with Crippen LogP contribution < -0.4 is 16.0 Å². The normalized spacial score (nSPS) is 13.7. The van der Waals surface area contributed by atoms with E-state index in [1.165, 1.54) is 24.2 Å². The van der Waals surface area contributed by atoms with Crippen LogP contribution in [0.1, 0.15) is 57.8 Å². The van der Waals surface area contributed by atoms with E-state index in [2.05, 4.69) is 26.1 Å². The van der Waals surface area contributed by atoms with Crippen molar-refractivity contribution >= 4 is 39.2 Å². The van der Waals surface area contributed by atoms with Gasteiger partial charge in [0.05, 0.1) is 15.8 Å². The Bertz CT molecular complexity index is 1320. The quantitative estimate of drug-likeness (QED) is 0.296. The van der Waals surface area contributed by atoms with Crippen molar-refractivity contribution in [1.82, 2.24) is 20.8 Å². The predicted octanol–water partition coefficient (Wildman–Crippen LogP) is 4.79. The van der Waals surface area contributed by atoms with Crippen LogP contribution in [0, 0.1) is 0 Å². The highest BCUT2D eigenvalue weighted by Crippen LogP contribution is 2.30. The standard InChI is InChI=1S/C26H27N5O2S/c1-26(2,18-6-4-3-5-7-18)29-24(33)21-14-20-22(30-31-25(20)34-21)28-23(32)17-10-8-16(9-11-17)15-27-19-12-13-19/h3-11,14,19,27H,12-13,15H2,1-2H3,(H,29,33)(H2,28,30,31,32). The van der Waals surface area contributed by atoms with Crippen LogP contribution in [0.4, 0.5) is 5.82 Å². The molecule has 0 aliphatic heterocycles. The average molecular weight is 474 g/mol. The second-order valence-corrected chi connectivity index (χ2v) is 10.2. The lowest BCUT2D eigenvalue weighted by molar-refractivity contribution is 0.0915. The van der Waals surface area contributed by atoms with Gasteiger partial charge in [0.1, 0.15) is 10.6 Å². The van der Waals surface area contributed by atoms with Gasteiger partial charge < -0.3 is 16.0 Å². The highest BCUT2D eigenvalue weighted by atomic mass is 32.1. The summed E-state index contributed by atoms with van der Waals surface area (Å²) in [4.78, 5) is 26.9. The summed E-state index contributed by atoms with van der Waals surface area (Å²) in [6.45, 7) is 4.76. The van der Waals surface area contributed by atoms with E-state index in [1.807, 2.05) is 68.4 Å². The summed E-state index contributed by atoms with van der Waals surface area (Å²) in [5, 5.41) is 17.3. The molecule has 4 N–H and O–H groups in total. The Hall–Kier alpha value is -3.49. The number of carbonyl (C=O) groups excluding carboxylic acids is 2. The third-order valence-corrected chi connectivity index (χ3v) is 7.05. The first kappa shape index (κ1) is 22.3. The van der Waals surface area contributed by atoms with Crippen LogP contribution in [0.2, 0.25) is 0 Å². The van der Waals surface area contributed by atoms with Gasteiger partial charge in [0.2, 0.25) is 0 Å². The highest BCUT2D eigenvalue weighted by molar-refractivity contribution is 7.20. The molecule has 34 heavy (non-hydrogen) atoms. The number of hydrogen-bond acceptors (Lipinski definition) is 5. The van der Waals surface area contributed by atoms with Crippen LogP contribution in [0.15, 0.2) is 60.7 Å². The molecule has 0 atom stereocenters. The van der Waals surface area contributed by atoms with Crippen LogP contribution in [-0.4, -0.2) is 28.1 Å². The number of rotatable bonds is 8. The van der Waals surface area contributed by atoms with Gasteiger partial charge in [-0.15, -0.1) is 11.3 Å². The summed E-state index contributed by atoms with van der Waals surface area (Å²) in [6, 6.07) is 19.8. The molecular weight excluding hydrogens is 446 g/mol. The van der Waals surface area contributed by atoms with E-state index < -0.39 is 5.54 Å². The molecule has 2 aromatic heterocycles. The van der Waals surface area contributed by atoms with Crippen molar-refractivity contribution in [2.24, 2.45) is 0 Å². The minimum Gasteiger partial charge on any atom is -0.342 e. The number of aromatic amines is 1. The smallest absolute Gasteiger partial charge is 0.262 e. The van der Waals surface area contributed by atoms with Gasteiger partial charge in [-0.2, -0.15) is 5.10 Å². The van der Waals surface area contributed by atoms with E-state index in [1.54, 1.807) is 6.07 Å². The van der Waals surface area contributed by atoms with E-state index in [9.17, 15) is 9.59 Å². The molecule has 0 saturated heterocycles. The van der Waals surface area contributed by atoms with E-state index in [4.69, 9.17) is 0 Å². The molecular formula is C26H27N5O2S. The number of fused-ring (bicyclic) bond motifs is 1. The molecule has 1 aliphatic carbocycles. The maximum Gasteiger partial charge on any atom is 0.262 e. The summed E-state index contributed by atoms with van der Waals surface area (Å²) in [5.41, 5.74) is 2.21. The Labute approximate surface area is 202 Å². The van der Waals surface area contributed by atoms with Crippen molar-refractivity contribution in [2.45, 2.75) is 44.8 Å². The third kappa shape index (κ3) is 4.88. The lowest BCUT2D eigenvalue weighted by atomic mass is 9.94. The lowest BCUT2D eigenvalue weighted by Crippen LogP contribution is -2.40. The van der Waals surface area contributed by atoms with Crippen LogP contribution >= 0.6 is 11.3 Å². The minimum absolute atomic E-state index is 0.176. The van der Waals surface area contributed by atoms with Crippen molar-refractivity contribution in [2.75, 3.05) is 5.32 Å². The maximum atomic E-state index is 13.0. The Morgan fingerprint density at radius 3 is 2.50 bits per heavy atom. The summed E-state index contributed by atoms with van der Waals surface area (Å²) < 4.78 is 0. The first-order valence-corrected chi connectivity index (χ1v) is 12.2. The van der Waals surface area contributed by atoms with E-state index >= 15 is 0 Å². The number of H-pyrrole nitrogens is 1. The minimum atomic E-state index is -0.525. The van der Waals surface area contributed by atoms with Gasteiger partial charge in [0.15, 0.2) is 0 Å². The van der Waals surface area contributed by atoms with Gasteiger partial charge in [-0.05, 0) is 56.0 Å². The van der Waals surface area contributed by atoms with E-state index in [-0.39, 0.29) is 11.8 Å². The average Bonchev–Trinajstić information content (AvgIpc) is 3.45. The number of anilines is 1. The molecule has 174 valence electrons. The topological polar surface area (TPSA) is 98.9 Å². The van der Waals surface area contributed by atoms with Crippen LogP contribution in [0.5, 0.6) is 0 Å². The molecule has 5 rings (SSSR count). The molecule has 7 nitrogen and oxygen atoms in total. The first-order chi connectivity index (χ1) is 16.4.